The van der Waals surface area contributed by atoms with Crippen LogP contribution < -0.4 is 10.9 Å². The largest absolute Gasteiger partial charge is 0.468 e. The molecule has 1 fully saturated rings. The van der Waals surface area contributed by atoms with Crippen molar-refractivity contribution in [1.82, 2.24) is 18.8 Å². The van der Waals surface area contributed by atoms with Crippen LogP contribution in [0, 0.1) is 0 Å². The molecule has 3 heterocycles. The molecule has 1 N–H and O–H groups in total. The van der Waals surface area contributed by atoms with Gasteiger partial charge in [-0.05, 0) is 18.9 Å². The number of piperidine rings is 1. The van der Waals surface area contributed by atoms with Crippen molar-refractivity contribution >= 4 is 33.0 Å². The first-order chi connectivity index (χ1) is 14.1. The molecular weight excluding hydrogens is 424 g/mol. The fourth-order valence-electron chi connectivity index (χ4n) is 3.26. The third-order valence-electron chi connectivity index (χ3n) is 4.86. The van der Waals surface area contributed by atoms with Crippen LogP contribution in [0.1, 0.15) is 24.8 Å². The number of anilines is 1. The number of rotatable bonds is 6. The second-order valence-corrected chi connectivity index (χ2v) is 8.90. The highest BCUT2D eigenvalue weighted by atomic mass is 32.2. The molecule has 0 spiro atoms. The zero-order chi connectivity index (χ0) is 22.1. The first kappa shape index (κ1) is 22.0. The smallest absolute Gasteiger partial charge is 0.325 e. The van der Waals surface area contributed by atoms with Crippen LogP contribution >= 0.6 is 0 Å². The van der Waals surface area contributed by atoms with Gasteiger partial charge in [0.1, 0.15) is 12.2 Å². The number of methoxy groups -OCH3 is 1. The van der Waals surface area contributed by atoms with Crippen LogP contribution in [0.5, 0.6) is 0 Å². The Kier molecular flexibility index (Phi) is 6.31. The lowest BCUT2D eigenvalue weighted by Gasteiger charge is -2.30. The van der Waals surface area contributed by atoms with Crippen LogP contribution in [0.3, 0.4) is 0 Å². The topological polar surface area (TPSA) is 123 Å². The second kappa shape index (κ2) is 8.60. The number of sulfonamides is 1. The number of hydrogen-bond acceptors (Lipinski definition) is 8. The van der Waals surface area contributed by atoms with E-state index in [-0.39, 0.29) is 23.0 Å². The summed E-state index contributed by atoms with van der Waals surface area (Å²) in [5.74, 6) is -0.644. The van der Waals surface area contributed by atoms with Crippen molar-refractivity contribution in [1.29, 1.82) is 0 Å². The number of carbonyl (C=O) groups excluding carboxylic acids is 1. The molecule has 164 valence electrons. The lowest BCUT2D eigenvalue weighted by molar-refractivity contribution is -0.141. The Hall–Kier alpha value is -2.67. The molecule has 0 amide bonds. The van der Waals surface area contributed by atoms with Crippen molar-refractivity contribution in [3.05, 3.63) is 28.2 Å². The molecule has 2 aromatic heterocycles. The zero-order valence-corrected chi connectivity index (χ0v) is 17.2. The van der Waals surface area contributed by atoms with E-state index < -0.39 is 40.1 Å². The number of hydrogen-bond donors (Lipinski definition) is 1. The number of esters is 1. The van der Waals surface area contributed by atoms with E-state index in [0.29, 0.717) is 25.9 Å². The maximum absolute atomic E-state index is 13.2. The van der Waals surface area contributed by atoms with Gasteiger partial charge in [-0.25, -0.2) is 26.5 Å². The predicted molar refractivity (Wildman–Crippen MR) is 104 cm³/mol. The van der Waals surface area contributed by atoms with E-state index in [2.05, 4.69) is 20.0 Å². The van der Waals surface area contributed by atoms with Crippen molar-refractivity contribution in [2.45, 2.75) is 31.9 Å². The van der Waals surface area contributed by atoms with Crippen LogP contribution in [0.2, 0.25) is 0 Å². The molecule has 0 bridgehead atoms. The lowest BCUT2D eigenvalue weighted by atomic mass is 10.1. The number of fused-ring (bicyclic) bond motifs is 1. The highest BCUT2D eigenvalue weighted by Gasteiger charge is 2.26. The van der Waals surface area contributed by atoms with Gasteiger partial charge in [-0.1, -0.05) is 0 Å². The van der Waals surface area contributed by atoms with E-state index in [9.17, 15) is 26.8 Å². The summed E-state index contributed by atoms with van der Waals surface area (Å²) in [6, 6.07) is 0.895. The van der Waals surface area contributed by atoms with Crippen LogP contribution in [0.25, 0.3) is 11.0 Å². The summed E-state index contributed by atoms with van der Waals surface area (Å²) in [4.78, 5) is 32.5. The summed E-state index contributed by atoms with van der Waals surface area (Å²) in [5.41, 5.74) is -1.78. The SMILES string of the molecule is COC(=O)Cn1c(=O)c(C(F)F)cc2cnc(NC3CCN(S(C)(=O)=O)CC3)nc21. The number of nitrogens with one attached hydrogen (secondary N) is 1. The Labute approximate surface area is 170 Å². The van der Waals surface area contributed by atoms with Gasteiger partial charge in [-0.2, -0.15) is 4.98 Å². The van der Waals surface area contributed by atoms with Gasteiger partial charge in [-0.15, -0.1) is 0 Å². The number of pyridine rings is 1. The lowest BCUT2D eigenvalue weighted by Crippen LogP contribution is -2.42. The maximum atomic E-state index is 13.2. The molecule has 13 heteroatoms. The molecule has 0 saturated carbocycles. The van der Waals surface area contributed by atoms with Crippen LogP contribution in [-0.4, -0.2) is 65.7 Å². The molecule has 2 aromatic rings. The van der Waals surface area contributed by atoms with Gasteiger partial charge in [-0.3, -0.25) is 14.2 Å². The van der Waals surface area contributed by atoms with Crippen molar-refractivity contribution in [3.63, 3.8) is 0 Å². The molecule has 1 saturated heterocycles. The third kappa shape index (κ3) is 4.73. The van der Waals surface area contributed by atoms with Crippen molar-refractivity contribution in [3.8, 4) is 0 Å². The normalized spacial score (nSPS) is 16.2. The molecule has 1 aliphatic heterocycles. The summed E-state index contributed by atoms with van der Waals surface area (Å²) in [6.07, 6.45) is 0.460. The van der Waals surface area contributed by atoms with Gasteiger partial charge in [0.2, 0.25) is 16.0 Å². The predicted octanol–water partition coefficient (Wildman–Crippen LogP) is 0.738. The number of ether oxygens (including phenoxy) is 1. The molecule has 0 aromatic carbocycles. The van der Waals surface area contributed by atoms with Gasteiger partial charge in [0.05, 0.1) is 18.9 Å². The van der Waals surface area contributed by atoms with E-state index in [0.717, 1.165) is 24.0 Å². The first-order valence-electron chi connectivity index (χ1n) is 9.07. The molecule has 0 unspecified atom stereocenters. The van der Waals surface area contributed by atoms with E-state index in [4.69, 9.17) is 0 Å². The minimum absolute atomic E-state index is 0.0147. The highest BCUT2D eigenvalue weighted by molar-refractivity contribution is 7.88. The van der Waals surface area contributed by atoms with E-state index in [1.807, 2.05) is 0 Å². The van der Waals surface area contributed by atoms with E-state index in [1.165, 1.54) is 10.5 Å². The zero-order valence-electron chi connectivity index (χ0n) is 16.3. The van der Waals surface area contributed by atoms with Gasteiger partial charge in [0.15, 0.2) is 0 Å². The Morgan fingerprint density at radius 3 is 2.60 bits per heavy atom. The third-order valence-corrected chi connectivity index (χ3v) is 6.16. The van der Waals surface area contributed by atoms with Crippen molar-refractivity contribution in [2.24, 2.45) is 0 Å². The Balaban J connectivity index is 1.91. The summed E-state index contributed by atoms with van der Waals surface area (Å²) < 4.78 is 56.4. The van der Waals surface area contributed by atoms with Crippen LogP contribution in [0.4, 0.5) is 14.7 Å². The Bertz CT molecular complexity index is 1110. The molecule has 0 aliphatic carbocycles. The molecule has 0 radical (unpaired) electrons. The highest BCUT2D eigenvalue weighted by Crippen LogP contribution is 2.21. The van der Waals surface area contributed by atoms with Crippen LogP contribution in [0.15, 0.2) is 17.1 Å². The van der Waals surface area contributed by atoms with Gasteiger partial charge >= 0.3 is 5.97 Å². The first-order valence-corrected chi connectivity index (χ1v) is 10.9. The molecule has 10 nitrogen and oxygen atoms in total. The molecule has 0 atom stereocenters. The van der Waals surface area contributed by atoms with Crippen molar-refractivity contribution in [2.75, 3.05) is 31.8 Å². The number of aromatic nitrogens is 3. The number of halogens is 2. The molecule has 3 rings (SSSR count). The minimum Gasteiger partial charge on any atom is -0.468 e. The average molecular weight is 445 g/mol. The Morgan fingerprint density at radius 2 is 2.03 bits per heavy atom. The number of alkyl halides is 2. The minimum atomic E-state index is -3.26. The van der Waals surface area contributed by atoms with Gasteiger partial charge < -0.3 is 10.1 Å². The maximum Gasteiger partial charge on any atom is 0.325 e. The average Bonchev–Trinajstić information content (AvgIpc) is 2.69. The van der Waals surface area contributed by atoms with E-state index in [1.54, 1.807) is 0 Å². The van der Waals surface area contributed by atoms with Crippen molar-refractivity contribution < 1.29 is 26.7 Å². The monoisotopic (exact) mass is 445 g/mol. The molecule has 30 heavy (non-hydrogen) atoms. The standard InChI is InChI=1S/C17H21F2N5O5S/c1-29-13(25)9-24-15-10(7-12(14(18)19)16(24)26)8-20-17(22-15)21-11-3-5-23(6-4-11)30(2,27)28/h7-8,11,14H,3-6,9H2,1-2H3,(H,20,21,22). The van der Waals surface area contributed by atoms with E-state index >= 15 is 0 Å². The summed E-state index contributed by atoms with van der Waals surface area (Å²) in [5, 5.41) is 3.25. The Morgan fingerprint density at radius 1 is 1.37 bits per heavy atom. The van der Waals surface area contributed by atoms with Crippen LogP contribution in [-0.2, 0) is 26.1 Å². The number of nitrogens with zero attached hydrogens (tertiary/aromatic N) is 4. The quantitative estimate of drug-likeness (QED) is 0.646. The summed E-state index contributed by atoms with van der Waals surface area (Å²) in [6.45, 7) is 0.110. The van der Waals surface area contributed by atoms with Gasteiger partial charge in [0, 0.05) is 30.7 Å². The summed E-state index contributed by atoms with van der Waals surface area (Å²) in [7, 11) is -2.13. The molecular formula is C17H21F2N5O5S. The van der Waals surface area contributed by atoms with Gasteiger partial charge in [0.25, 0.3) is 12.0 Å². The second-order valence-electron chi connectivity index (χ2n) is 6.92. The molecule has 1 aliphatic rings. The fraction of sp³-hybridized carbons (Fsp3) is 0.529. The summed E-state index contributed by atoms with van der Waals surface area (Å²) >= 11 is 0. The fourth-order valence-corrected chi connectivity index (χ4v) is 4.14. The number of carbonyl (C=O) groups is 1.